The third-order valence-electron chi connectivity index (χ3n) is 7.48. The van der Waals surface area contributed by atoms with Crippen molar-refractivity contribution in [2.24, 2.45) is 0 Å². The SMILES string of the molecule is O=C(CCCCCCCCCCCCCCCCCCCCCCCCCCCCCP(=O)(O)O)NO. The summed E-state index contributed by atoms with van der Waals surface area (Å²) in [6.07, 6.45) is 35.1. The molecule has 0 unspecified atom stereocenters. The summed E-state index contributed by atoms with van der Waals surface area (Å²) < 4.78 is 10.8. The highest BCUT2D eigenvalue weighted by Gasteiger charge is 2.10. The molecule has 0 saturated heterocycles. The zero-order chi connectivity index (χ0) is 27.3. The summed E-state index contributed by atoms with van der Waals surface area (Å²) in [6, 6.07) is 0. The van der Waals surface area contributed by atoms with Gasteiger partial charge < -0.3 is 9.79 Å². The number of hydrogen-bond donors (Lipinski definition) is 4. The molecule has 37 heavy (non-hydrogen) atoms. The van der Waals surface area contributed by atoms with Crippen LogP contribution in [0.15, 0.2) is 0 Å². The van der Waals surface area contributed by atoms with E-state index in [1.165, 1.54) is 141 Å². The van der Waals surface area contributed by atoms with E-state index in [0.717, 1.165) is 25.7 Å². The summed E-state index contributed by atoms with van der Waals surface area (Å²) in [5, 5.41) is 8.44. The van der Waals surface area contributed by atoms with Gasteiger partial charge in [0, 0.05) is 12.6 Å². The summed E-state index contributed by atoms with van der Waals surface area (Å²) in [5.74, 6) is -0.267. The molecule has 0 radical (unpaired) electrons. The lowest BCUT2D eigenvalue weighted by molar-refractivity contribution is -0.129. The van der Waals surface area contributed by atoms with Gasteiger partial charge in [0.05, 0.1) is 0 Å². The van der Waals surface area contributed by atoms with Gasteiger partial charge in [-0.2, -0.15) is 0 Å². The molecular weight excluding hydrogens is 485 g/mol. The number of amides is 1. The van der Waals surface area contributed by atoms with Gasteiger partial charge in [-0.15, -0.1) is 0 Å². The summed E-state index contributed by atoms with van der Waals surface area (Å²) in [4.78, 5) is 28.6. The van der Waals surface area contributed by atoms with Gasteiger partial charge in [-0.3, -0.25) is 14.6 Å². The average Bonchev–Trinajstić information content (AvgIpc) is 2.86. The zero-order valence-electron chi connectivity index (χ0n) is 24.1. The van der Waals surface area contributed by atoms with Crippen molar-refractivity contribution in [3.05, 3.63) is 0 Å². The molecule has 0 spiro atoms. The highest BCUT2D eigenvalue weighted by molar-refractivity contribution is 7.51. The van der Waals surface area contributed by atoms with Gasteiger partial charge in [0.25, 0.3) is 0 Å². The molecule has 0 aromatic rings. The van der Waals surface area contributed by atoms with Crippen molar-refractivity contribution in [2.45, 2.75) is 180 Å². The van der Waals surface area contributed by atoms with Gasteiger partial charge >= 0.3 is 7.60 Å². The van der Waals surface area contributed by atoms with Crippen LogP contribution in [0.1, 0.15) is 180 Å². The molecule has 0 aliphatic rings. The van der Waals surface area contributed by atoms with Crippen molar-refractivity contribution in [1.82, 2.24) is 5.48 Å². The largest absolute Gasteiger partial charge is 0.325 e. The van der Waals surface area contributed by atoms with E-state index in [4.69, 9.17) is 15.0 Å². The summed E-state index contributed by atoms with van der Waals surface area (Å²) in [6.45, 7) is 0. The smallest absolute Gasteiger partial charge is 0.324 e. The first-order valence-corrected chi connectivity index (χ1v) is 17.7. The first-order valence-electron chi connectivity index (χ1n) is 15.9. The molecule has 0 rings (SSSR count). The predicted molar refractivity (Wildman–Crippen MR) is 156 cm³/mol. The molecule has 222 valence electrons. The minimum Gasteiger partial charge on any atom is -0.324 e. The Kier molecular flexibility index (Phi) is 28.3. The normalized spacial score (nSPS) is 11.8. The van der Waals surface area contributed by atoms with E-state index in [9.17, 15) is 9.36 Å². The number of carbonyl (C=O) groups excluding carboxylic acids is 1. The number of carbonyl (C=O) groups is 1. The molecule has 0 aromatic carbocycles. The van der Waals surface area contributed by atoms with E-state index < -0.39 is 7.60 Å². The van der Waals surface area contributed by atoms with Crippen LogP contribution in [0.25, 0.3) is 0 Å². The van der Waals surface area contributed by atoms with E-state index in [-0.39, 0.29) is 12.1 Å². The molecule has 0 saturated carbocycles. The predicted octanol–water partition coefficient (Wildman–Crippen LogP) is 9.59. The molecule has 0 bridgehead atoms. The van der Waals surface area contributed by atoms with Gasteiger partial charge in [-0.05, 0) is 12.8 Å². The van der Waals surface area contributed by atoms with Crippen molar-refractivity contribution in [3.8, 4) is 0 Å². The number of hydrogen-bond acceptors (Lipinski definition) is 3. The molecule has 0 heterocycles. The monoisotopic (exact) mass is 547 g/mol. The van der Waals surface area contributed by atoms with Crippen molar-refractivity contribution in [1.29, 1.82) is 0 Å². The fourth-order valence-electron chi connectivity index (χ4n) is 5.08. The lowest BCUT2D eigenvalue weighted by atomic mass is 10.0. The van der Waals surface area contributed by atoms with Crippen LogP contribution < -0.4 is 5.48 Å². The second kappa shape index (κ2) is 28.6. The number of nitrogens with one attached hydrogen (secondary N) is 1. The van der Waals surface area contributed by atoms with E-state index in [1.807, 2.05) is 0 Å². The highest BCUT2D eigenvalue weighted by Crippen LogP contribution is 2.35. The van der Waals surface area contributed by atoms with Crippen LogP contribution in [0.3, 0.4) is 0 Å². The molecule has 0 fully saturated rings. The lowest BCUT2D eigenvalue weighted by Gasteiger charge is -2.05. The van der Waals surface area contributed by atoms with Gasteiger partial charge in [-0.1, -0.05) is 161 Å². The maximum Gasteiger partial charge on any atom is 0.325 e. The van der Waals surface area contributed by atoms with Crippen molar-refractivity contribution < 1.29 is 24.4 Å². The standard InChI is InChI=1S/C30H62NO5P/c32-30(31-33)28-26-24-22-20-18-16-14-12-10-8-6-4-2-1-3-5-7-9-11-13-15-17-19-21-23-25-27-29-37(34,35)36/h33H,1-29H2,(H,31,32)(H2,34,35,36). The van der Waals surface area contributed by atoms with Crippen LogP contribution in [0, 0.1) is 0 Å². The minimum atomic E-state index is -3.78. The molecule has 6 nitrogen and oxygen atoms in total. The summed E-state index contributed by atoms with van der Waals surface area (Å²) >= 11 is 0. The van der Waals surface area contributed by atoms with Crippen LogP contribution in [0.5, 0.6) is 0 Å². The fourth-order valence-corrected chi connectivity index (χ4v) is 5.71. The van der Waals surface area contributed by atoms with Crippen LogP contribution in [-0.2, 0) is 9.36 Å². The summed E-state index contributed by atoms with van der Waals surface area (Å²) in [7, 11) is -3.78. The Morgan fingerprint density at radius 3 is 0.865 bits per heavy atom. The zero-order valence-corrected chi connectivity index (χ0v) is 25.0. The maximum atomic E-state index is 10.9. The number of unbranched alkanes of at least 4 members (excludes halogenated alkanes) is 26. The minimum absolute atomic E-state index is 0.0512. The van der Waals surface area contributed by atoms with Gasteiger partial charge in [0.15, 0.2) is 0 Å². The molecule has 0 aliphatic carbocycles. The molecule has 0 atom stereocenters. The first kappa shape index (κ1) is 36.6. The lowest BCUT2D eigenvalue weighted by Crippen LogP contribution is -2.17. The molecule has 1 amide bonds. The van der Waals surface area contributed by atoms with Crippen LogP contribution >= 0.6 is 7.60 Å². The Bertz CT molecular complexity index is 526. The molecule has 0 aromatic heterocycles. The Balaban J connectivity index is 3.06. The summed E-state index contributed by atoms with van der Waals surface area (Å²) in [5.41, 5.74) is 1.69. The Morgan fingerprint density at radius 1 is 0.432 bits per heavy atom. The highest BCUT2D eigenvalue weighted by atomic mass is 31.2. The van der Waals surface area contributed by atoms with E-state index in [1.54, 1.807) is 5.48 Å². The van der Waals surface area contributed by atoms with Gasteiger partial charge in [0.2, 0.25) is 5.91 Å². The van der Waals surface area contributed by atoms with Crippen molar-refractivity contribution in [2.75, 3.05) is 6.16 Å². The molecule has 4 N–H and O–H groups in total. The Labute approximate surface area is 229 Å². The molecule has 0 aliphatic heterocycles. The Hall–Kier alpha value is -0.420. The van der Waals surface area contributed by atoms with Crippen LogP contribution in [-0.4, -0.2) is 27.1 Å². The van der Waals surface area contributed by atoms with Gasteiger partial charge in [0.1, 0.15) is 0 Å². The topological polar surface area (TPSA) is 107 Å². The molecular formula is C30H62NO5P. The molecule has 7 heteroatoms. The van der Waals surface area contributed by atoms with Crippen molar-refractivity contribution in [3.63, 3.8) is 0 Å². The number of hydroxylamine groups is 1. The van der Waals surface area contributed by atoms with Crippen molar-refractivity contribution >= 4 is 13.5 Å². The third kappa shape index (κ3) is 33.6. The fraction of sp³-hybridized carbons (Fsp3) is 0.967. The average molecular weight is 548 g/mol. The second-order valence-corrected chi connectivity index (χ2v) is 13.0. The second-order valence-electron chi connectivity index (χ2n) is 11.2. The van der Waals surface area contributed by atoms with Gasteiger partial charge in [-0.25, -0.2) is 5.48 Å². The number of rotatable bonds is 30. The first-order chi connectivity index (χ1) is 18.0. The van der Waals surface area contributed by atoms with E-state index in [0.29, 0.717) is 12.8 Å². The van der Waals surface area contributed by atoms with Crippen LogP contribution in [0.2, 0.25) is 0 Å². The van der Waals surface area contributed by atoms with E-state index >= 15 is 0 Å². The van der Waals surface area contributed by atoms with Crippen LogP contribution in [0.4, 0.5) is 0 Å². The Morgan fingerprint density at radius 2 is 0.649 bits per heavy atom. The maximum absolute atomic E-state index is 10.9. The third-order valence-corrected chi connectivity index (χ3v) is 8.38. The quantitative estimate of drug-likeness (QED) is 0.0310. The van der Waals surface area contributed by atoms with E-state index in [2.05, 4.69) is 0 Å².